The summed E-state index contributed by atoms with van der Waals surface area (Å²) >= 11 is 0. The molecule has 0 spiro atoms. The molecule has 0 radical (unpaired) electrons. The van der Waals surface area contributed by atoms with Gasteiger partial charge in [0.15, 0.2) is 21.3 Å². The largest absolute Gasteiger partial charge is 0.707 e. The molecule has 5 N–H and O–H groups in total. The maximum absolute atomic E-state index is 11.5. The lowest BCUT2D eigenvalue weighted by molar-refractivity contribution is -0.133. The SMILES string of the molecule is O=C1C(=O)C(S(=O)(=O)O)=C(O)C(S(=O)(=O)O)=C1OB(O)O. The van der Waals surface area contributed by atoms with E-state index in [0.717, 1.165) is 0 Å². The summed E-state index contributed by atoms with van der Waals surface area (Å²) in [5, 5.41) is 26.4. The van der Waals surface area contributed by atoms with Crippen LogP contribution in [0.4, 0.5) is 0 Å². The van der Waals surface area contributed by atoms with Crippen molar-refractivity contribution in [2.24, 2.45) is 0 Å². The van der Waals surface area contributed by atoms with Crippen LogP contribution in [0.15, 0.2) is 21.3 Å². The van der Waals surface area contributed by atoms with E-state index >= 15 is 0 Å². The van der Waals surface area contributed by atoms with E-state index in [2.05, 4.69) is 4.65 Å². The molecule has 1 aliphatic carbocycles. The van der Waals surface area contributed by atoms with Crippen molar-refractivity contribution in [3.8, 4) is 0 Å². The highest BCUT2D eigenvalue weighted by atomic mass is 32.2. The van der Waals surface area contributed by atoms with Gasteiger partial charge in [-0.2, -0.15) is 16.8 Å². The Hall–Kier alpha value is -1.78. The maximum atomic E-state index is 11.5. The lowest BCUT2D eigenvalue weighted by Gasteiger charge is -2.18. The van der Waals surface area contributed by atoms with Crippen molar-refractivity contribution < 1.29 is 55.3 Å². The van der Waals surface area contributed by atoms with Gasteiger partial charge in [0.25, 0.3) is 11.6 Å². The van der Waals surface area contributed by atoms with Crippen molar-refractivity contribution in [3.63, 3.8) is 0 Å². The fraction of sp³-hybridized carbons (Fsp3) is 0. The number of aliphatic hydroxyl groups excluding tert-OH is 1. The smallest absolute Gasteiger partial charge is 0.508 e. The molecule has 1 aliphatic rings. The number of hydrogen-bond donors (Lipinski definition) is 5. The molecule has 0 saturated carbocycles. The number of aliphatic hydroxyl groups is 1. The molecule has 0 aliphatic heterocycles. The minimum atomic E-state index is -5.54. The lowest BCUT2D eigenvalue weighted by atomic mass is 10.1. The number of rotatable bonds is 4. The van der Waals surface area contributed by atoms with Gasteiger partial charge in [0.05, 0.1) is 0 Å². The van der Waals surface area contributed by atoms with E-state index in [1.165, 1.54) is 0 Å². The minimum absolute atomic E-state index is 1.73. The number of allylic oxidation sites excluding steroid dienone is 2. The van der Waals surface area contributed by atoms with Crippen molar-refractivity contribution in [2.75, 3.05) is 0 Å². The van der Waals surface area contributed by atoms with Crippen molar-refractivity contribution in [3.05, 3.63) is 21.3 Å². The number of ketones is 2. The van der Waals surface area contributed by atoms with Gasteiger partial charge in [0, 0.05) is 0 Å². The monoisotopic (exact) mass is 344 g/mol. The fourth-order valence-electron chi connectivity index (χ4n) is 1.32. The standard InChI is InChI=1S/C6H5BO12S2/c8-1-2(9)5(20(13,14)15)3(10)6(21(16,17)18)4(1)19-7(11)12/h10-12H,(H,13,14,15)(H,16,17,18). The van der Waals surface area contributed by atoms with Crippen LogP contribution in [0, 0.1) is 0 Å². The van der Waals surface area contributed by atoms with Crippen LogP contribution >= 0.6 is 0 Å². The zero-order chi connectivity index (χ0) is 16.7. The quantitative estimate of drug-likeness (QED) is 0.148. The third kappa shape index (κ3) is 3.28. The van der Waals surface area contributed by atoms with Gasteiger partial charge in [-0.25, -0.2) is 0 Å². The molecule has 12 nitrogen and oxygen atoms in total. The van der Waals surface area contributed by atoms with Gasteiger partial charge >= 0.3 is 27.6 Å². The Labute approximate surface area is 116 Å². The minimum Gasteiger partial charge on any atom is -0.508 e. The van der Waals surface area contributed by atoms with E-state index < -0.39 is 60.5 Å². The normalized spacial score (nSPS) is 17.3. The van der Waals surface area contributed by atoms with Gasteiger partial charge in [-0.1, -0.05) is 0 Å². The van der Waals surface area contributed by atoms with Crippen LogP contribution in [0.3, 0.4) is 0 Å². The Morgan fingerprint density at radius 2 is 1.29 bits per heavy atom. The molecule has 0 saturated heterocycles. The summed E-state index contributed by atoms with van der Waals surface area (Å²) in [7, 11) is -13.9. The Balaban J connectivity index is 3.89. The van der Waals surface area contributed by atoms with E-state index in [9.17, 15) is 31.5 Å². The van der Waals surface area contributed by atoms with E-state index in [-0.39, 0.29) is 0 Å². The van der Waals surface area contributed by atoms with Gasteiger partial charge in [-0.15, -0.1) is 0 Å². The van der Waals surface area contributed by atoms with Crippen molar-refractivity contribution in [1.29, 1.82) is 0 Å². The molecule has 0 heterocycles. The predicted molar refractivity (Wildman–Crippen MR) is 61.1 cm³/mol. The summed E-state index contributed by atoms with van der Waals surface area (Å²) in [6.07, 6.45) is 0. The second-order valence-corrected chi connectivity index (χ2v) is 6.11. The summed E-state index contributed by atoms with van der Waals surface area (Å²) < 4.78 is 65.2. The number of carbonyl (C=O) groups excluding carboxylic acids is 2. The van der Waals surface area contributed by atoms with Crippen LogP contribution in [-0.4, -0.2) is 60.0 Å². The van der Waals surface area contributed by atoms with E-state index in [4.69, 9.17) is 19.2 Å². The average Bonchev–Trinajstić information content (AvgIpc) is 2.20. The first-order valence-electron chi connectivity index (χ1n) is 4.53. The third-order valence-electron chi connectivity index (χ3n) is 1.99. The van der Waals surface area contributed by atoms with E-state index in [1.54, 1.807) is 0 Å². The van der Waals surface area contributed by atoms with Crippen LogP contribution < -0.4 is 0 Å². The number of carbonyl (C=O) groups is 2. The lowest BCUT2D eigenvalue weighted by Crippen LogP contribution is -2.35. The highest BCUT2D eigenvalue weighted by molar-refractivity contribution is 7.92. The van der Waals surface area contributed by atoms with Crippen molar-refractivity contribution >= 4 is 39.1 Å². The number of hydrogen-bond acceptors (Lipinski definition) is 10. The Kier molecular flexibility index (Phi) is 4.28. The molecule has 15 heteroatoms. The summed E-state index contributed by atoms with van der Waals surface area (Å²) in [6, 6.07) is 0. The highest BCUT2D eigenvalue weighted by Gasteiger charge is 2.47. The van der Waals surface area contributed by atoms with E-state index in [0.29, 0.717) is 0 Å². The van der Waals surface area contributed by atoms with Crippen LogP contribution in [0.1, 0.15) is 0 Å². The summed E-state index contributed by atoms with van der Waals surface area (Å²) in [4.78, 5) is 18.9. The fourth-order valence-corrected chi connectivity index (χ4v) is 2.78. The first-order chi connectivity index (χ1) is 9.28. The Morgan fingerprint density at radius 1 is 0.857 bits per heavy atom. The third-order valence-corrected chi connectivity index (χ3v) is 3.78. The topological polar surface area (TPSA) is 213 Å². The average molecular weight is 344 g/mol. The van der Waals surface area contributed by atoms with Crippen molar-refractivity contribution in [1.82, 2.24) is 0 Å². The molecule has 0 aromatic carbocycles. The van der Waals surface area contributed by atoms with Crippen LogP contribution in [0.2, 0.25) is 0 Å². The molecule has 21 heavy (non-hydrogen) atoms. The molecular formula is C6H5BO12S2. The molecule has 0 amide bonds. The molecule has 1 rings (SSSR count). The van der Waals surface area contributed by atoms with Gasteiger partial charge in [0.2, 0.25) is 0 Å². The van der Waals surface area contributed by atoms with E-state index in [1.807, 2.05) is 0 Å². The molecule has 0 unspecified atom stereocenters. The summed E-state index contributed by atoms with van der Waals surface area (Å²) in [5.74, 6) is -7.93. The molecule has 116 valence electrons. The zero-order valence-corrected chi connectivity index (χ0v) is 11.1. The Morgan fingerprint density at radius 3 is 1.62 bits per heavy atom. The molecule has 0 atom stereocenters. The van der Waals surface area contributed by atoms with Gasteiger partial charge in [0.1, 0.15) is 0 Å². The molecule has 0 fully saturated rings. The first-order valence-corrected chi connectivity index (χ1v) is 7.41. The van der Waals surface area contributed by atoms with Crippen LogP contribution in [0.5, 0.6) is 0 Å². The van der Waals surface area contributed by atoms with Gasteiger partial charge in [-0.05, 0) is 0 Å². The van der Waals surface area contributed by atoms with Crippen molar-refractivity contribution in [2.45, 2.75) is 0 Å². The number of Topliss-reactive ketones (excluding diaryl/α,β-unsaturated/α-hetero) is 2. The summed E-state index contributed by atoms with van der Waals surface area (Å²) in [6.45, 7) is 0. The van der Waals surface area contributed by atoms with Gasteiger partial charge < -0.3 is 19.8 Å². The molecule has 0 bridgehead atoms. The summed E-state index contributed by atoms with van der Waals surface area (Å²) in [5.41, 5.74) is 0. The molecule has 0 aromatic heterocycles. The zero-order valence-electron chi connectivity index (χ0n) is 9.49. The maximum Gasteiger partial charge on any atom is 0.707 e. The Bertz CT molecular complexity index is 782. The molecular weight excluding hydrogens is 339 g/mol. The predicted octanol–water partition coefficient (Wildman–Crippen LogP) is -3.12. The first kappa shape index (κ1) is 17.3. The second-order valence-electron chi connectivity index (χ2n) is 3.39. The highest BCUT2D eigenvalue weighted by Crippen LogP contribution is 2.31. The second kappa shape index (κ2) is 5.21. The van der Waals surface area contributed by atoms with Crippen LogP contribution in [0.25, 0.3) is 0 Å². The van der Waals surface area contributed by atoms with Gasteiger partial charge in [-0.3, -0.25) is 18.7 Å². The molecule has 0 aromatic rings. The van der Waals surface area contributed by atoms with Crippen LogP contribution in [-0.2, 0) is 34.5 Å².